The second-order valence-corrected chi connectivity index (χ2v) is 4.75. The molecule has 1 aromatic carbocycles. The minimum atomic E-state index is -4.56. The van der Waals surface area contributed by atoms with E-state index in [0.717, 1.165) is 12.1 Å². The molecule has 6 nitrogen and oxygen atoms in total. The monoisotopic (exact) mass is 343 g/mol. The van der Waals surface area contributed by atoms with Crippen LogP contribution < -0.4 is 10.6 Å². The number of ether oxygens (including phenoxy) is 1. The highest BCUT2D eigenvalue weighted by Crippen LogP contribution is 2.34. The fourth-order valence-electron chi connectivity index (χ4n) is 1.80. The molecule has 0 bridgehead atoms. The van der Waals surface area contributed by atoms with Crippen molar-refractivity contribution in [3.63, 3.8) is 0 Å². The number of methoxy groups -OCH3 is 1. The number of nitriles is 1. The predicted molar refractivity (Wildman–Crippen MR) is 80.0 cm³/mol. The van der Waals surface area contributed by atoms with Crippen LogP contribution in [0.4, 0.5) is 24.5 Å². The number of amides is 1. The topological polar surface area (TPSA) is 91.2 Å². The molecule has 0 radical (unpaired) electrons. The van der Waals surface area contributed by atoms with Crippen LogP contribution in [-0.4, -0.2) is 25.5 Å². The molecule has 9 heteroatoms. The summed E-state index contributed by atoms with van der Waals surface area (Å²) in [5.74, 6) is -1.11. The van der Waals surface area contributed by atoms with Gasteiger partial charge in [0.25, 0.3) is 0 Å². The van der Waals surface area contributed by atoms with Crippen LogP contribution in [0.2, 0.25) is 0 Å². The minimum Gasteiger partial charge on any atom is -0.469 e. The maximum absolute atomic E-state index is 12.8. The maximum atomic E-state index is 12.8. The molecule has 0 unspecified atom stereocenters. The molecule has 1 aromatic rings. The number of anilines is 2. The van der Waals surface area contributed by atoms with Gasteiger partial charge in [-0.3, -0.25) is 9.59 Å². The Labute approximate surface area is 136 Å². The Balaban J connectivity index is 2.86. The van der Waals surface area contributed by atoms with Gasteiger partial charge in [-0.25, -0.2) is 0 Å². The molecule has 0 spiro atoms. The summed E-state index contributed by atoms with van der Waals surface area (Å²) in [6.45, 7) is 0.293. The number of rotatable bonds is 7. The number of hydrogen-bond donors (Lipinski definition) is 2. The second kappa shape index (κ2) is 8.76. The molecule has 1 amide bonds. The van der Waals surface area contributed by atoms with Crippen molar-refractivity contribution in [2.24, 2.45) is 0 Å². The number of esters is 1. The standard InChI is InChI=1S/C15H16F3N3O3/c1-24-14(23)3-2-8-20-11-5-4-10(15(16,17)18)9-12(11)21-13(22)6-7-19/h4-5,9,20H,2-3,6,8H2,1H3,(H,21,22). The lowest BCUT2D eigenvalue weighted by atomic mass is 10.1. The lowest BCUT2D eigenvalue weighted by Crippen LogP contribution is -2.15. The number of carbonyl (C=O) groups excluding carboxylic acids is 2. The van der Waals surface area contributed by atoms with Gasteiger partial charge >= 0.3 is 12.1 Å². The average molecular weight is 343 g/mol. The van der Waals surface area contributed by atoms with E-state index in [1.807, 2.05) is 0 Å². The third-order valence-corrected chi connectivity index (χ3v) is 2.96. The molecule has 0 fully saturated rings. The summed E-state index contributed by atoms with van der Waals surface area (Å²) >= 11 is 0. The number of hydrogen-bond acceptors (Lipinski definition) is 5. The van der Waals surface area contributed by atoms with Gasteiger partial charge in [0.2, 0.25) is 5.91 Å². The Hall–Kier alpha value is -2.76. The SMILES string of the molecule is COC(=O)CCCNc1ccc(C(F)(F)F)cc1NC(=O)CC#N. The van der Waals surface area contributed by atoms with E-state index in [2.05, 4.69) is 15.4 Å². The van der Waals surface area contributed by atoms with Gasteiger partial charge < -0.3 is 15.4 Å². The second-order valence-electron chi connectivity index (χ2n) is 4.75. The van der Waals surface area contributed by atoms with Crippen LogP contribution in [-0.2, 0) is 20.5 Å². The molecule has 0 atom stereocenters. The van der Waals surface area contributed by atoms with Crippen molar-refractivity contribution in [2.45, 2.75) is 25.4 Å². The quantitative estimate of drug-likeness (QED) is 0.587. The van der Waals surface area contributed by atoms with E-state index < -0.39 is 30.0 Å². The number of nitrogens with zero attached hydrogens (tertiary/aromatic N) is 1. The first kappa shape index (κ1) is 19.3. The first-order valence-electron chi connectivity index (χ1n) is 6.96. The zero-order valence-corrected chi connectivity index (χ0v) is 12.9. The molecule has 0 aliphatic heterocycles. The first-order valence-corrected chi connectivity index (χ1v) is 6.96. The largest absolute Gasteiger partial charge is 0.469 e. The molecule has 1 rings (SSSR count). The first-order chi connectivity index (χ1) is 11.3. The molecule has 0 aliphatic carbocycles. The molecule has 0 heterocycles. The van der Waals surface area contributed by atoms with Gasteiger partial charge in [-0.2, -0.15) is 18.4 Å². The van der Waals surface area contributed by atoms with Crippen LogP contribution in [0.5, 0.6) is 0 Å². The maximum Gasteiger partial charge on any atom is 0.416 e. The normalized spacial score (nSPS) is 10.6. The van der Waals surface area contributed by atoms with Gasteiger partial charge in [0, 0.05) is 13.0 Å². The summed E-state index contributed by atoms with van der Waals surface area (Å²) in [6.07, 6.45) is -4.48. The highest BCUT2D eigenvalue weighted by molar-refractivity contribution is 5.95. The fourth-order valence-corrected chi connectivity index (χ4v) is 1.80. The Morgan fingerprint density at radius 1 is 1.29 bits per heavy atom. The van der Waals surface area contributed by atoms with Crippen LogP contribution >= 0.6 is 0 Å². The summed E-state index contributed by atoms with van der Waals surface area (Å²) in [5, 5.41) is 13.6. The average Bonchev–Trinajstić information content (AvgIpc) is 2.51. The van der Waals surface area contributed by atoms with Crippen molar-refractivity contribution in [1.29, 1.82) is 5.26 Å². The lowest BCUT2D eigenvalue weighted by molar-refractivity contribution is -0.140. The van der Waals surface area contributed by atoms with E-state index in [-0.39, 0.29) is 17.8 Å². The molecular formula is C15H16F3N3O3. The van der Waals surface area contributed by atoms with E-state index in [9.17, 15) is 22.8 Å². The summed E-state index contributed by atoms with van der Waals surface area (Å²) in [4.78, 5) is 22.5. The summed E-state index contributed by atoms with van der Waals surface area (Å²) in [5.41, 5.74) is -0.739. The fraction of sp³-hybridized carbons (Fsp3) is 0.400. The Kier molecular flexibility index (Phi) is 7.04. The Morgan fingerprint density at radius 2 is 2.00 bits per heavy atom. The van der Waals surface area contributed by atoms with Gasteiger partial charge in [-0.15, -0.1) is 0 Å². The van der Waals surface area contributed by atoms with Crippen molar-refractivity contribution in [1.82, 2.24) is 0 Å². The van der Waals surface area contributed by atoms with Gasteiger partial charge in [-0.1, -0.05) is 0 Å². The van der Waals surface area contributed by atoms with E-state index in [4.69, 9.17) is 5.26 Å². The summed E-state index contributed by atoms with van der Waals surface area (Å²) in [7, 11) is 1.26. The number of carbonyl (C=O) groups is 2. The number of nitrogens with one attached hydrogen (secondary N) is 2. The van der Waals surface area contributed by atoms with Gasteiger partial charge in [0.1, 0.15) is 6.42 Å². The molecule has 0 saturated carbocycles. The van der Waals surface area contributed by atoms with Crippen LogP contribution in [0.25, 0.3) is 0 Å². The van der Waals surface area contributed by atoms with E-state index in [1.54, 1.807) is 6.07 Å². The highest BCUT2D eigenvalue weighted by atomic mass is 19.4. The minimum absolute atomic E-state index is 0.0804. The smallest absolute Gasteiger partial charge is 0.416 e. The molecule has 0 aliphatic rings. The Bertz CT molecular complexity index is 639. The predicted octanol–water partition coefficient (Wildman–Crippen LogP) is 2.92. The molecule has 24 heavy (non-hydrogen) atoms. The van der Waals surface area contributed by atoms with Gasteiger partial charge in [0.05, 0.1) is 30.1 Å². The van der Waals surface area contributed by atoms with Crippen molar-refractivity contribution >= 4 is 23.3 Å². The lowest BCUT2D eigenvalue weighted by Gasteiger charge is -2.15. The highest BCUT2D eigenvalue weighted by Gasteiger charge is 2.31. The third-order valence-electron chi connectivity index (χ3n) is 2.96. The number of halogens is 3. The van der Waals surface area contributed by atoms with Gasteiger partial charge in [-0.05, 0) is 24.6 Å². The van der Waals surface area contributed by atoms with Crippen LogP contribution in [0.3, 0.4) is 0 Å². The van der Waals surface area contributed by atoms with Crippen LogP contribution in [0.1, 0.15) is 24.8 Å². The zero-order chi connectivity index (χ0) is 18.2. The molecule has 0 saturated heterocycles. The molecular weight excluding hydrogens is 327 g/mol. The number of alkyl halides is 3. The van der Waals surface area contributed by atoms with E-state index >= 15 is 0 Å². The molecule has 2 N–H and O–H groups in total. The Morgan fingerprint density at radius 3 is 2.58 bits per heavy atom. The zero-order valence-electron chi connectivity index (χ0n) is 12.9. The summed E-state index contributed by atoms with van der Waals surface area (Å²) < 4.78 is 42.8. The van der Waals surface area contributed by atoms with Crippen LogP contribution in [0, 0.1) is 11.3 Å². The molecule has 0 aromatic heterocycles. The number of benzene rings is 1. The van der Waals surface area contributed by atoms with Crippen molar-refractivity contribution in [2.75, 3.05) is 24.3 Å². The van der Waals surface area contributed by atoms with Crippen molar-refractivity contribution in [3.8, 4) is 6.07 Å². The van der Waals surface area contributed by atoms with E-state index in [1.165, 1.54) is 13.2 Å². The van der Waals surface area contributed by atoms with Crippen molar-refractivity contribution < 1.29 is 27.5 Å². The van der Waals surface area contributed by atoms with Crippen molar-refractivity contribution in [3.05, 3.63) is 23.8 Å². The molecule has 130 valence electrons. The third kappa shape index (κ3) is 6.16. The van der Waals surface area contributed by atoms with E-state index in [0.29, 0.717) is 13.0 Å². The van der Waals surface area contributed by atoms with Gasteiger partial charge in [0.15, 0.2) is 0 Å². The summed E-state index contributed by atoms with van der Waals surface area (Å²) in [6, 6.07) is 4.47. The van der Waals surface area contributed by atoms with Crippen LogP contribution in [0.15, 0.2) is 18.2 Å².